The van der Waals surface area contributed by atoms with Crippen LogP contribution in [-0.2, 0) is 13.1 Å². The van der Waals surface area contributed by atoms with Crippen LogP contribution >= 0.6 is 0 Å². The van der Waals surface area contributed by atoms with Crippen molar-refractivity contribution in [3.63, 3.8) is 0 Å². The molecular weight excluding hydrogens is 346 g/mol. The Bertz CT molecular complexity index is 844. The second kappa shape index (κ2) is 10.4. The van der Waals surface area contributed by atoms with E-state index >= 15 is 0 Å². The van der Waals surface area contributed by atoms with E-state index in [4.69, 9.17) is 5.11 Å². The van der Waals surface area contributed by atoms with Crippen LogP contribution in [0.5, 0.6) is 0 Å². The molecule has 0 heterocycles. The van der Waals surface area contributed by atoms with Gasteiger partial charge in [0.25, 0.3) is 0 Å². The van der Waals surface area contributed by atoms with E-state index in [0.29, 0.717) is 0 Å². The zero-order chi connectivity index (χ0) is 19.6. The number of aliphatic hydroxyl groups is 2. The van der Waals surface area contributed by atoms with Crippen LogP contribution in [0.4, 0.5) is 0 Å². The molecule has 1 unspecified atom stereocenters. The number of hydrogen-bond acceptors (Lipinski definition) is 3. The topological polar surface area (TPSA) is 43.7 Å². The summed E-state index contributed by atoms with van der Waals surface area (Å²) in [6.07, 6.45) is -1.04. The van der Waals surface area contributed by atoms with Gasteiger partial charge in [-0.15, -0.1) is 0 Å². The molecule has 3 aromatic carbocycles. The molecule has 0 aliphatic heterocycles. The zero-order valence-electron chi connectivity index (χ0n) is 15.8. The van der Waals surface area contributed by atoms with Gasteiger partial charge in [-0.2, -0.15) is 0 Å². The molecule has 3 aromatic rings. The van der Waals surface area contributed by atoms with Crippen molar-refractivity contribution in [2.24, 2.45) is 0 Å². The lowest BCUT2D eigenvalue weighted by Gasteiger charge is -2.29. The van der Waals surface area contributed by atoms with Gasteiger partial charge in [0.2, 0.25) is 0 Å². The van der Waals surface area contributed by atoms with E-state index in [1.807, 2.05) is 66.7 Å². The molecule has 0 aromatic heterocycles. The maximum Gasteiger partial charge on any atom is 0.137 e. The molecule has 0 aliphatic rings. The highest BCUT2D eigenvalue weighted by Crippen LogP contribution is 2.25. The Labute approximate surface area is 166 Å². The van der Waals surface area contributed by atoms with Crippen LogP contribution in [0.3, 0.4) is 0 Å². The molecule has 3 rings (SSSR count). The highest BCUT2D eigenvalue weighted by molar-refractivity contribution is 5.29. The highest BCUT2D eigenvalue weighted by atomic mass is 16.3. The van der Waals surface area contributed by atoms with Gasteiger partial charge in [-0.1, -0.05) is 103 Å². The van der Waals surface area contributed by atoms with E-state index in [9.17, 15) is 5.11 Å². The molecule has 0 saturated heterocycles. The summed E-state index contributed by atoms with van der Waals surface area (Å²) in [6, 6.07) is 30.5. The fourth-order valence-electron chi connectivity index (χ4n) is 3.12. The fraction of sp³-hybridized carbons (Fsp3) is 0.200. The number of benzene rings is 3. The molecule has 2 atom stereocenters. The minimum Gasteiger partial charge on any atom is -0.393 e. The average Bonchev–Trinajstić information content (AvgIpc) is 2.76. The van der Waals surface area contributed by atoms with Crippen molar-refractivity contribution in [3.05, 3.63) is 108 Å². The summed E-state index contributed by atoms with van der Waals surface area (Å²) in [6.45, 7) is 1.07. The summed E-state index contributed by atoms with van der Waals surface area (Å²) in [7, 11) is 0. The third-order valence-corrected chi connectivity index (χ3v) is 4.50. The minimum atomic E-state index is -1.04. The first-order valence-electron chi connectivity index (χ1n) is 9.43. The van der Waals surface area contributed by atoms with E-state index < -0.39 is 6.10 Å². The third-order valence-electron chi connectivity index (χ3n) is 4.50. The van der Waals surface area contributed by atoms with Crippen molar-refractivity contribution in [2.75, 3.05) is 6.61 Å². The van der Waals surface area contributed by atoms with Crippen molar-refractivity contribution in [1.29, 1.82) is 0 Å². The SMILES string of the molecule is OCC(O)C#C[C@H](c1ccccc1)N(Cc1ccccc1)Cc1ccccc1. The quantitative estimate of drug-likeness (QED) is 0.621. The number of hydrogen-bond donors (Lipinski definition) is 2. The van der Waals surface area contributed by atoms with Gasteiger partial charge in [0.15, 0.2) is 0 Å². The molecule has 28 heavy (non-hydrogen) atoms. The van der Waals surface area contributed by atoms with E-state index in [2.05, 4.69) is 41.0 Å². The molecule has 142 valence electrons. The van der Waals surface area contributed by atoms with Gasteiger partial charge < -0.3 is 10.2 Å². The molecule has 3 nitrogen and oxygen atoms in total. The molecule has 0 radical (unpaired) electrons. The lowest BCUT2D eigenvalue weighted by molar-refractivity contribution is 0.137. The van der Waals surface area contributed by atoms with Crippen molar-refractivity contribution in [2.45, 2.75) is 25.2 Å². The summed E-state index contributed by atoms with van der Waals surface area (Å²) in [4.78, 5) is 2.29. The Morgan fingerprint density at radius 3 is 1.61 bits per heavy atom. The predicted molar refractivity (Wildman–Crippen MR) is 112 cm³/mol. The van der Waals surface area contributed by atoms with Crippen molar-refractivity contribution >= 4 is 0 Å². The molecule has 2 N–H and O–H groups in total. The average molecular weight is 371 g/mol. The second-order valence-electron chi connectivity index (χ2n) is 6.68. The molecule has 0 saturated carbocycles. The van der Waals surface area contributed by atoms with Gasteiger partial charge >= 0.3 is 0 Å². The molecule has 0 bridgehead atoms. The second-order valence-corrected chi connectivity index (χ2v) is 6.68. The van der Waals surface area contributed by atoms with E-state index in [-0.39, 0.29) is 12.6 Å². The molecule has 0 aliphatic carbocycles. The Hall–Kier alpha value is -2.90. The maximum absolute atomic E-state index is 9.77. The van der Waals surface area contributed by atoms with Gasteiger partial charge in [0.1, 0.15) is 6.10 Å². The first-order chi connectivity index (χ1) is 13.8. The van der Waals surface area contributed by atoms with E-state index in [1.54, 1.807) is 0 Å². The van der Waals surface area contributed by atoms with Crippen molar-refractivity contribution < 1.29 is 10.2 Å². The normalized spacial score (nSPS) is 12.8. The molecule has 0 fully saturated rings. The van der Waals surface area contributed by atoms with Gasteiger partial charge in [-0.25, -0.2) is 0 Å². The smallest absolute Gasteiger partial charge is 0.137 e. The Morgan fingerprint density at radius 2 is 1.14 bits per heavy atom. The summed E-state index contributed by atoms with van der Waals surface area (Å²) < 4.78 is 0. The molecule has 3 heteroatoms. The summed E-state index contributed by atoms with van der Waals surface area (Å²) >= 11 is 0. The van der Waals surface area contributed by atoms with Crippen LogP contribution in [0.15, 0.2) is 91.0 Å². The van der Waals surface area contributed by atoms with E-state index in [0.717, 1.165) is 18.7 Å². The Morgan fingerprint density at radius 1 is 0.679 bits per heavy atom. The lowest BCUT2D eigenvalue weighted by atomic mass is 10.0. The molecule has 0 amide bonds. The predicted octanol–water partition coefficient (Wildman–Crippen LogP) is 3.79. The van der Waals surface area contributed by atoms with Crippen LogP contribution in [0.25, 0.3) is 0 Å². The molecule has 0 spiro atoms. The van der Waals surface area contributed by atoms with Gasteiger partial charge in [-0.05, 0) is 16.7 Å². The minimum absolute atomic E-state index is 0.206. The maximum atomic E-state index is 9.77. The summed E-state index contributed by atoms with van der Waals surface area (Å²) in [5.41, 5.74) is 3.46. The largest absolute Gasteiger partial charge is 0.393 e. The van der Waals surface area contributed by atoms with E-state index in [1.165, 1.54) is 11.1 Å². The van der Waals surface area contributed by atoms with Gasteiger partial charge in [-0.3, -0.25) is 4.90 Å². The zero-order valence-corrected chi connectivity index (χ0v) is 15.8. The summed E-state index contributed by atoms with van der Waals surface area (Å²) in [5.74, 6) is 5.99. The van der Waals surface area contributed by atoms with Crippen LogP contribution in [-0.4, -0.2) is 27.8 Å². The van der Waals surface area contributed by atoms with Crippen molar-refractivity contribution in [1.82, 2.24) is 4.90 Å². The number of nitrogens with zero attached hydrogens (tertiary/aromatic N) is 1. The monoisotopic (exact) mass is 371 g/mol. The first kappa shape index (κ1) is 19.9. The van der Waals surface area contributed by atoms with Crippen LogP contribution in [0.1, 0.15) is 22.7 Å². The summed E-state index contributed by atoms with van der Waals surface area (Å²) in [5, 5.41) is 18.9. The third kappa shape index (κ3) is 5.80. The highest BCUT2D eigenvalue weighted by Gasteiger charge is 2.19. The lowest BCUT2D eigenvalue weighted by Crippen LogP contribution is -2.27. The number of rotatable bonds is 7. The van der Waals surface area contributed by atoms with Gasteiger partial charge in [0, 0.05) is 13.1 Å². The fourth-order valence-corrected chi connectivity index (χ4v) is 3.12. The van der Waals surface area contributed by atoms with Crippen LogP contribution in [0.2, 0.25) is 0 Å². The standard InChI is InChI=1S/C25H25NO2/c27-20-24(28)16-17-25(23-14-8-3-9-15-23)26(18-21-10-4-1-5-11-21)19-22-12-6-2-7-13-22/h1-15,24-25,27-28H,18-20H2/t24?,25-/m1/s1. The first-order valence-corrected chi connectivity index (χ1v) is 9.43. The Kier molecular flexibility index (Phi) is 7.40. The Balaban J connectivity index is 1.97. The molecular formula is C25H25NO2. The van der Waals surface area contributed by atoms with Crippen molar-refractivity contribution in [3.8, 4) is 11.8 Å². The number of aliphatic hydroxyl groups excluding tert-OH is 2. The van der Waals surface area contributed by atoms with Crippen LogP contribution in [0, 0.1) is 11.8 Å². The van der Waals surface area contributed by atoms with Crippen LogP contribution < -0.4 is 0 Å². The van der Waals surface area contributed by atoms with Gasteiger partial charge in [0.05, 0.1) is 12.6 Å².